The minimum Gasteiger partial charge on any atom is -0.493 e. The van der Waals surface area contributed by atoms with Crippen molar-refractivity contribution in [2.75, 3.05) is 34.7 Å². The molecule has 1 saturated heterocycles. The van der Waals surface area contributed by atoms with Crippen LogP contribution in [-0.4, -0.2) is 56.2 Å². The lowest BCUT2D eigenvalue weighted by Crippen LogP contribution is -2.56. The van der Waals surface area contributed by atoms with E-state index in [4.69, 9.17) is 23.7 Å². The molecule has 2 heterocycles. The van der Waals surface area contributed by atoms with Gasteiger partial charge in [-0.1, -0.05) is 18.9 Å². The number of nitrogens with zero attached hydrogens (tertiary/aromatic N) is 1. The van der Waals surface area contributed by atoms with Gasteiger partial charge in [0, 0.05) is 18.5 Å². The summed E-state index contributed by atoms with van der Waals surface area (Å²) in [7, 11) is 4.67. The van der Waals surface area contributed by atoms with E-state index in [0.717, 1.165) is 36.8 Å². The molecular formula is C28H33NO7. The molecule has 2 aromatic carbocycles. The first-order valence-corrected chi connectivity index (χ1v) is 12.4. The van der Waals surface area contributed by atoms with Crippen LogP contribution in [-0.2, 0) is 4.79 Å². The topological polar surface area (TPSA) is 86.7 Å². The second-order valence-electron chi connectivity index (χ2n) is 9.59. The third kappa shape index (κ3) is 4.34. The molecular weight excluding hydrogens is 462 g/mol. The van der Waals surface area contributed by atoms with Gasteiger partial charge in [0.1, 0.15) is 0 Å². The van der Waals surface area contributed by atoms with Gasteiger partial charge in [-0.2, -0.15) is 0 Å². The molecule has 2 aromatic rings. The fraction of sp³-hybridized carbons (Fsp3) is 0.464. The minimum atomic E-state index is -0.767. The van der Waals surface area contributed by atoms with E-state index in [2.05, 4.69) is 0 Å². The predicted octanol–water partition coefficient (Wildman–Crippen LogP) is 4.35. The fourth-order valence-electron chi connectivity index (χ4n) is 5.90. The molecule has 1 aliphatic carbocycles. The van der Waals surface area contributed by atoms with Gasteiger partial charge < -0.3 is 33.7 Å². The second-order valence-corrected chi connectivity index (χ2v) is 9.59. The molecule has 8 heteroatoms. The lowest BCUT2D eigenvalue weighted by atomic mass is 9.66. The van der Waals surface area contributed by atoms with Crippen LogP contribution < -0.4 is 23.7 Å². The number of benzene rings is 2. The number of fused-ring (bicyclic) bond motifs is 2. The van der Waals surface area contributed by atoms with E-state index in [0.29, 0.717) is 41.7 Å². The summed E-state index contributed by atoms with van der Waals surface area (Å²) < 4.78 is 27.4. The van der Waals surface area contributed by atoms with Crippen LogP contribution >= 0.6 is 0 Å². The van der Waals surface area contributed by atoms with E-state index in [1.165, 1.54) is 0 Å². The summed E-state index contributed by atoms with van der Waals surface area (Å²) in [5.74, 6) is 2.77. The summed E-state index contributed by atoms with van der Waals surface area (Å²) in [5.41, 5.74) is 0.943. The first kappa shape index (κ1) is 24.3. The first-order chi connectivity index (χ1) is 17.5. The number of rotatable bonds is 6. The summed E-state index contributed by atoms with van der Waals surface area (Å²) >= 11 is 0. The Kier molecular flexibility index (Phi) is 6.71. The molecule has 0 aromatic heterocycles. The van der Waals surface area contributed by atoms with Gasteiger partial charge in [0.2, 0.25) is 18.4 Å². The van der Waals surface area contributed by atoms with Gasteiger partial charge in [0.05, 0.1) is 33.0 Å². The highest BCUT2D eigenvalue weighted by Crippen LogP contribution is 2.50. The quantitative estimate of drug-likeness (QED) is 0.597. The SMILES string of the molecule is COc1cc(/C=C/C(=O)N2CC[C@]3(O)CCCC[C@@H]3[C@@H]2c2ccc3c(c2)OCO3)cc(OC)c1OC. The van der Waals surface area contributed by atoms with Crippen LogP contribution in [0, 0.1) is 5.92 Å². The molecule has 0 bridgehead atoms. The van der Waals surface area contributed by atoms with Crippen molar-refractivity contribution in [3.63, 3.8) is 0 Å². The van der Waals surface area contributed by atoms with E-state index >= 15 is 0 Å². The first-order valence-electron chi connectivity index (χ1n) is 12.4. The van der Waals surface area contributed by atoms with Crippen molar-refractivity contribution in [3.05, 3.63) is 47.5 Å². The Morgan fingerprint density at radius 2 is 1.78 bits per heavy atom. The predicted molar refractivity (Wildman–Crippen MR) is 134 cm³/mol. The van der Waals surface area contributed by atoms with E-state index < -0.39 is 5.60 Å². The number of piperidine rings is 1. The number of hydrogen-bond acceptors (Lipinski definition) is 7. The summed E-state index contributed by atoms with van der Waals surface area (Å²) in [4.78, 5) is 15.5. The summed E-state index contributed by atoms with van der Waals surface area (Å²) in [6.45, 7) is 0.668. The maximum atomic E-state index is 13.6. The van der Waals surface area contributed by atoms with Crippen LogP contribution in [0.1, 0.15) is 49.3 Å². The molecule has 36 heavy (non-hydrogen) atoms. The number of carbonyl (C=O) groups is 1. The highest BCUT2D eigenvalue weighted by atomic mass is 16.7. The van der Waals surface area contributed by atoms with Crippen molar-refractivity contribution in [2.24, 2.45) is 5.92 Å². The number of likely N-dealkylation sites (tertiary alicyclic amines) is 1. The van der Waals surface area contributed by atoms with Crippen molar-refractivity contribution in [1.29, 1.82) is 0 Å². The number of hydrogen-bond donors (Lipinski definition) is 1. The van der Waals surface area contributed by atoms with Crippen LogP contribution in [0.2, 0.25) is 0 Å². The number of methoxy groups -OCH3 is 3. The Balaban J connectivity index is 1.47. The Morgan fingerprint density at radius 1 is 1.03 bits per heavy atom. The number of ether oxygens (including phenoxy) is 5. The van der Waals surface area contributed by atoms with Crippen molar-refractivity contribution >= 4 is 12.0 Å². The lowest BCUT2D eigenvalue weighted by molar-refractivity contribution is -0.150. The molecule has 0 radical (unpaired) electrons. The molecule has 0 spiro atoms. The highest BCUT2D eigenvalue weighted by Gasteiger charge is 2.50. The van der Waals surface area contributed by atoms with E-state index in [9.17, 15) is 9.90 Å². The third-order valence-corrected chi connectivity index (χ3v) is 7.69. The van der Waals surface area contributed by atoms with Crippen molar-refractivity contribution in [1.82, 2.24) is 4.90 Å². The fourth-order valence-corrected chi connectivity index (χ4v) is 5.90. The Morgan fingerprint density at radius 3 is 2.50 bits per heavy atom. The normalized spacial score (nSPS) is 24.9. The minimum absolute atomic E-state index is 0.0427. The molecule has 8 nitrogen and oxygen atoms in total. The number of amides is 1. The highest BCUT2D eigenvalue weighted by molar-refractivity contribution is 5.92. The molecule has 192 valence electrons. The zero-order chi connectivity index (χ0) is 25.3. The molecule has 5 rings (SSSR count). The van der Waals surface area contributed by atoms with Crippen LogP contribution in [0.25, 0.3) is 6.08 Å². The standard InChI is InChI=1S/C28H33NO7/c1-32-23-14-18(15-24(33-2)27(23)34-3)7-10-25(30)29-13-12-28(31)11-5-4-6-20(28)26(29)19-8-9-21-22(16-19)36-17-35-21/h7-10,14-16,20,26,31H,4-6,11-13,17H2,1-3H3/b10-7+/t20-,26+,28-/m1/s1. The average molecular weight is 496 g/mol. The molecule has 1 amide bonds. The van der Waals surface area contributed by atoms with Crippen molar-refractivity contribution in [2.45, 2.75) is 43.7 Å². The van der Waals surface area contributed by atoms with Gasteiger partial charge in [-0.3, -0.25) is 4.79 Å². The molecule has 1 saturated carbocycles. The van der Waals surface area contributed by atoms with E-state index in [-0.39, 0.29) is 24.7 Å². The average Bonchev–Trinajstić information content (AvgIpc) is 3.38. The number of carbonyl (C=O) groups excluding carboxylic acids is 1. The molecule has 3 aliphatic rings. The smallest absolute Gasteiger partial charge is 0.247 e. The van der Waals surface area contributed by atoms with E-state index in [1.807, 2.05) is 23.1 Å². The Bertz CT molecular complexity index is 1140. The van der Waals surface area contributed by atoms with Gasteiger partial charge in [-0.05, 0) is 60.7 Å². The van der Waals surface area contributed by atoms with Gasteiger partial charge in [0.25, 0.3) is 0 Å². The third-order valence-electron chi connectivity index (χ3n) is 7.69. The van der Waals surface area contributed by atoms with Gasteiger partial charge >= 0.3 is 0 Å². The second kappa shape index (κ2) is 9.93. The van der Waals surface area contributed by atoms with Gasteiger partial charge in [-0.25, -0.2) is 0 Å². The Hall–Kier alpha value is -3.39. The molecule has 1 N–H and O–H groups in total. The molecule has 2 fully saturated rings. The maximum absolute atomic E-state index is 13.6. The lowest BCUT2D eigenvalue weighted by Gasteiger charge is -2.52. The van der Waals surface area contributed by atoms with Crippen molar-refractivity contribution in [3.8, 4) is 28.7 Å². The molecule has 2 aliphatic heterocycles. The summed E-state index contributed by atoms with van der Waals surface area (Å²) in [6.07, 6.45) is 7.59. The van der Waals surface area contributed by atoms with Crippen LogP contribution in [0.15, 0.2) is 36.4 Å². The van der Waals surface area contributed by atoms with Crippen LogP contribution in [0.3, 0.4) is 0 Å². The summed E-state index contributed by atoms with van der Waals surface area (Å²) in [5, 5.41) is 11.5. The molecule has 0 unspecified atom stereocenters. The van der Waals surface area contributed by atoms with Crippen LogP contribution in [0.5, 0.6) is 28.7 Å². The zero-order valence-electron chi connectivity index (χ0n) is 21.0. The number of aliphatic hydroxyl groups is 1. The monoisotopic (exact) mass is 495 g/mol. The van der Waals surface area contributed by atoms with Crippen molar-refractivity contribution < 1.29 is 33.6 Å². The van der Waals surface area contributed by atoms with Crippen LogP contribution in [0.4, 0.5) is 0 Å². The summed E-state index contributed by atoms with van der Waals surface area (Å²) in [6, 6.07) is 9.18. The van der Waals surface area contributed by atoms with E-state index in [1.54, 1.807) is 45.6 Å². The van der Waals surface area contributed by atoms with Gasteiger partial charge in [0.15, 0.2) is 23.0 Å². The molecule has 3 atom stereocenters. The maximum Gasteiger partial charge on any atom is 0.247 e. The zero-order valence-corrected chi connectivity index (χ0v) is 21.0. The largest absolute Gasteiger partial charge is 0.493 e. The van der Waals surface area contributed by atoms with Gasteiger partial charge in [-0.15, -0.1) is 0 Å². The Labute approximate surface area is 211 Å².